The quantitative estimate of drug-likeness (QED) is 0.560. The fourth-order valence-electron chi connectivity index (χ4n) is 1.00. The predicted molar refractivity (Wildman–Crippen MR) is 59.2 cm³/mol. The zero-order chi connectivity index (χ0) is 11.7. The molecular formula is C9H21NO4S. The molecule has 0 heterocycles. The molecule has 0 aliphatic carbocycles. The smallest absolute Gasteiger partial charge is 0.216 e. The van der Waals surface area contributed by atoms with Gasteiger partial charge in [-0.15, -0.1) is 0 Å². The number of nitrogens with one attached hydrogen (secondary N) is 1. The van der Waals surface area contributed by atoms with Crippen molar-refractivity contribution in [2.45, 2.75) is 31.4 Å². The summed E-state index contributed by atoms with van der Waals surface area (Å²) >= 11 is 0. The molecule has 2 N–H and O–H groups in total. The zero-order valence-corrected chi connectivity index (χ0v) is 10.2. The topological polar surface area (TPSA) is 75.6 Å². The van der Waals surface area contributed by atoms with E-state index in [0.717, 1.165) is 19.3 Å². The van der Waals surface area contributed by atoms with Crippen molar-refractivity contribution < 1.29 is 18.3 Å². The Morgan fingerprint density at radius 1 is 1.33 bits per heavy atom. The maximum Gasteiger partial charge on any atom is 0.216 e. The van der Waals surface area contributed by atoms with Crippen LogP contribution in [-0.4, -0.2) is 45.6 Å². The standard InChI is InChI=1S/C9H21NO4S/c1-9(8-11)15(12,13)10-6-4-3-5-7-14-2/h9-11H,3-8H2,1-2H3. The molecular weight excluding hydrogens is 218 g/mol. The number of ether oxygens (including phenoxy) is 1. The van der Waals surface area contributed by atoms with Gasteiger partial charge in [0.25, 0.3) is 0 Å². The van der Waals surface area contributed by atoms with E-state index in [9.17, 15) is 8.42 Å². The second-order valence-electron chi connectivity index (χ2n) is 3.49. The Hall–Kier alpha value is -0.170. The van der Waals surface area contributed by atoms with Crippen LogP contribution < -0.4 is 4.72 Å². The second kappa shape index (κ2) is 8.04. The summed E-state index contributed by atoms with van der Waals surface area (Å²) in [6, 6.07) is 0. The SMILES string of the molecule is COCCCCCNS(=O)(=O)C(C)CO. The molecule has 5 nitrogen and oxygen atoms in total. The van der Waals surface area contributed by atoms with Crippen molar-refractivity contribution in [2.24, 2.45) is 0 Å². The van der Waals surface area contributed by atoms with Gasteiger partial charge in [0.15, 0.2) is 0 Å². The van der Waals surface area contributed by atoms with Gasteiger partial charge in [-0.05, 0) is 26.2 Å². The van der Waals surface area contributed by atoms with Crippen molar-refractivity contribution >= 4 is 10.0 Å². The maximum atomic E-state index is 11.4. The molecule has 0 amide bonds. The van der Waals surface area contributed by atoms with Gasteiger partial charge < -0.3 is 9.84 Å². The number of aliphatic hydroxyl groups is 1. The van der Waals surface area contributed by atoms with E-state index in [1.54, 1.807) is 7.11 Å². The lowest BCUT2D eigenvalue weighted by Crippen LogP contribution is -2.35. The highest BCUT2D eigenvalue weighted by Crippen LogP contribution is 1.99. The van der Waals surface area contributed by atoms with Crippen molar-refractivity contribution in [3.8, 4) is 0 Å². The molecule has 0 aliphatic heterocycles. The Labute approximate surface area is 91.9 Å². The Kier molecular flexibility index (Phi) is 7.95. The molecule has 0 aromatic rings. The molecule has 0 aromatic carbocycles. The van der Waals surface area contributed by atoms with E-state index in [1.165, 1.54) is 6.92 Å². The highest BCUT2D eigenvalue weighted by Gasteiger charge is 2.18. The first-order chi connectivity index (χ1) is 7.04. The predicted octanol–water partition coefficient (Wildman–Crippen LogP) is 0.103. The molecule has 92 valence electrons. The third-order valence-electron chi connectivity index (χ3n) is 2.12. The number of hydrogen-bond acceptors (Lipinski definition) is 4. The lowest BCUT2D eigenvalue weighted by molar-refractivity contribution is 0.192. The summed E-state index contributed by atoms with van der Waals surface area (Å²) in [6.45, 7) is 2.27. The fourth-order valence-corrected chi connectivity index (χ4v) is 1.91. The Morgan fingerprint density at radius 2 is 2.00 bits per heavy atom. The van der Waals surface area contributed by atoms with Gasteiger partial charge >= 0.3 is 0 Å². The van der Waals surface area contributed by atoms with Crippen LogP contribution in [0.4, 0.5) is 0 Å². The van der Waals surface area contributed by atoms with E-state index < -0.39 is 15.3 Å². The molecule has 0 radical (unpaired) electrons. The van der Waals surface area contributed by atoms with Gasteiger partial charge in [-0.25, -0.2) is 13.1 Å². The number of methoxy groups -OCH3 is 1. The summed E-state index contributed by atoms with van der Waals surface area (Å²) < 4.78 is 30.0. The van der Waals surface area contributed by atoms with E-state index in [2.05, 4.69) is 4.72 Å². The molecule has 0 fully saturated rings. The van der Waals surface area contributed by atoms with Gasteiger partial charge in [-0.1, -0.05) is 0 Å². The lowest BCUT2D eigenvalue weighted by Gasteiger charge is -2.10. The third-order valence-corrected chi connectivity index (χ3v) is 3.93. The Bertz CT molecular complexity index is 240. The van der Waals surface area contributed by atoms with E-state index >= 15 is 0 Å². The summed E-state index contributed by atoms with van der Waals surface area (Å²) in [5.74, 6) is 0. The zero-order valence-electron chi connectivity index (χ0n) is 9.40. The molecule has 6 heteroatoms. The molecule has 0 spiro atoms. The summed E-state index contributed by atoms with van der Waals surface area (Å²) in [5, 5.41) is 7.97. The van der Waals surface area contributed by atoms with Crippen LogP contribution in [0.5, 0.6) is 0 Å². The van der Waals surface area contributed by atoms with E-state index in [-0.39, 0.29) is 6.61 Å². The van der Waals surface area contributed by atoms with Crippen LogP contribution in [0.15, 0.2) is 0 Å². The van der Waals surface area contributed by atoms with Crippen LogP contribution in [-0.2, 0) is 14.8 Å². The first kappa shape index (κ1) is 14.8. The minimum atomic E-state index is -3.33. The lowest BCUT2D eigenvalue weighted by atomic mass is 10.2. The number of aliphatic hydroxyl groups excluding tert-OH is 1. The number of hydrogen-bond donors (Lipinski definition) is 2. The van der Waals surface area contributed by atoms with Gasteiger partial charge in [-0.3, -0.25) is 0 Å². The number of sulfonamides is 1. The van der Waals surface area contributed by atoms with Crippen molar-refractivity contribution in [1.29, 1.82) is 0 Å². The van der Waals surface area contributed by atoms with Crippen LogP contribution in [0.2, 0.25) is 0 Å². The monoisotopic (exact) mass is 239 g/mol. The molecule has 0 bridgehead atoms. The first-order valence-electron chi connectivity index (χ1n) is 5.13. The normalized spacial score (nSPS) is 14.1. The van der Waals surface area contributed by atoms with E-state index in [1.807, 2.05) is 0 Å². The van der Waals surface area contributed by atoms with Crippen molar-refractivity contribution in [3.63, 3.8) is 0 Å². The van der Waals surface area contributed by atoms with Gasteiger partial charge in [0, 0.05) is 20.3 Å². The molecule has 0 saturated carbocycles. The maximum absolute atomic E-state index is 11.4. The number of unbranched alkanes of at least 4 members (excludes halogenated alkanes) is 2. The summed E-state index contributed by atoms with van der Waals surface area (Å²) in [4.78, 5) is 0. The van der Waals surface area contributed by atoms with Crippen molar-refractivity contribution in [2.75, 3.05) is 26.9 Å². The average Bonchev–Trinajstić information content (AvgIpc) is 2.22. The third kappa shape index (κ3) is 6.83. The van der Waals surface area contributed by atoms with Gasteiger partial charge in [0.1, 0.15) is 0 Å². The van der Waals surface area contributed by atoms with E-state index in [0.29, 0.717) is 13.2 Å². The number of rotatable bonds is 9. The minimum absolute atomic E-state index is 0.348. The van der Waals surface area contributed by atoms with Crippen LogP contribution in [0, 0.1) is 0 Å². The van der Waals surface area contributed by atoms with Gasteiger partial charge in [0.2, 0.25) is 10.0 Å². The molecule has 15 heavy (non-hydrogen) atoms. The average molecular weight is 239 g/mol. The largest absolute Gasteiger partial charge is 0.395 e. The molecule has 0 saturated heterocycles. The summed E-state index contributed by atoms with van der Waals surface area (Å²) in [6.07, 6.45) is 2.67. The van der Waals surface area contributed by atoms with Gasteiger partial charge in [0.05, 0.1) is 11.9 Å². The summed E-state index contributed by atoms with van der Waals surface area (Å²) in [5.41, 5.74) is 0. The minimum Gasteiger partial charge on any atom is -0.395 e. The second-order valence-corrected chi connectivity index (χ2v) is 5.67. The summed E-state index contributed by atoms with van der Waals surface area (Å²) in [7, 11) is -1.69. The molecule has 0 rings (SSSR count). The van der Waals surface area contributed by atoms with Crippen molar-refractivity contribution in [3.05, 3.63) is 0 Å². The first-order valence-corrected chi connectivity index (χ1v) is 6.67. The molecule has 0 aromatic heterocycles. The van der Waals surface area contributed by atoms with Crippen molar-refractivity contribution in [1.82, 2.24) is 4.72 Å². The molecule has 0 aliphatic rings. The van der Waals surface area contributed by atoms with Crippen LogP contribution >= 0.6 is 0 Å². The molecule has 1 atom stereocenters. The highest BCUT2D eigenvalue weighted by molar-refractivity contribution is 7.90. The van der Waals surface area contributed by atoms with Crippen LogP contribution in [0.1, 0.15) is 26.2 Å². The highest BCUT2D eigenvalue weighted by atomic mass is 32.2. The Balaban J connectivity index is 3.58. The fraction of sp³-hybridized carbons (Fsp3) is 1.00. The van der Waals surface area contributed by atoms with E-state index in [4.69, 9.17) is 9.84 Å². The van der Waals surface area contributed by atoms with Crippen LogP contribution in [0.25, 0.3) is 0 Å². The Morgan fingerprint density at radius 3 is 2.53 bits per heavy atom. The molecule has 1 unspecified atom stereocenters. The van der Waals surface area contributed by atoms with Crippen LogP contribution in [0.3, 0.4) is 0 Å². The van der Waals surface area contributed by atoms with Gasteiger partial charge in [-0.2, -0.15) is 0 Å².